The molecule has 4 rings (SSSR count). The Morgan fingerprint density at radius 3 is 2.55 bits per heavy atom. The van der Waals surface area contributed by atoms with Crippen LogP contribution >= 0.6 is 0 Å². The molecule has 0 aliphatic carbocycles. The van der Waals surface area contributed by atoms with Crippen molar-refractivity contribution in [2.24, 2.45) is 0 Å². The summed E-state index contributed by atoms with van der Waals surface area (Å²) in [5.41, 5.74) is 2.32. The molecule has 2 fully saturated rings. The van der Waals surface area contributed by atoms with E-state index in [9.17, 15) is 9.59 Å². The Balaban J connectivity index is 1.36. The maximum absolute atomic E-state index is 12.8. The third-order valence-electron chi connectivity index (χ3n) is 5.44. The highest BCUT2D eigenvalue weighted by atomic mass is 16.6. The van der Waals surface area contributed by atoms with Crippen LogP contribution in [0.5, 0.6) is 0 Å². The Morgan fingerprint density at radius 1 is 1.10 bits per heavy atom. The van der Waals surface area contributed by atoms with E-state index in [2.05, 4.69) is 29.0 Å². The lowest BCUT2D eigenvalue weighted by Crippen LogP contribution is -2.50. The van der Waals surface area contributed by atoms with Gasteiger partial charge in [0.05, 0.1) is 6.54 Å². The van der Waals surface area contributed by atoms with Gasteiger partial charge in [-0.05, 0) is 25.1 Å². The molecule has 0 radical (unpaired) electrons. The van der Waals surface area contributed by atoms with Crippen LogP contribution in [0, 0.1) is 6.92 Å². The predicted molar refractivity (Wildman–Crippen MR) is 119 cm³/mol. The van der Waals surface area contributed by atoms with Crippen molar-refractivity contribution in [1.82, 2.24) is 14.9 Å². The molecule has 0 unspecified atom stereocenters. The Kier molecular flexibility index (Phi) is 5.92. The number of amides is 3. The van der Waals surface area contributed by atoms with E-state index in [1.807, 2.05) is 31.2 Å². The average molecular weight is 425 g/mol. The zero-order valence-corrected chi connectivity index (χ0v) is 18.2. The van der Waals surface area contributed by atoms with Crippen molar-refractivity contribution in [1.29, 1.82) is 0 Å². The van der Waals surface area contributed by atoms with E-state index < -0.39 is 0 Å². The Morgan fingerprint density at radius 2 is 1.87 bits per heavy atom. The van der Waals surface area contributed by atoms with Gasteiger partial charge < -0.3 is 19.9 Å². The quantitative estimate of drug-likeness (QED) is 0.810. The summed E-state index contributed by atoms with van der Waals surface area (Å²) in [7, 11) is 0. The van der Waals surface area contributed by atoms with Gasteiger partial charge in [0.25, 0.3) is 0 Å². The Bertz CT molecular complexity index is 971. The highest BCUT2D eigenvalue weighted by Gasteiger charge is 2.25. The molecule has 1 aromatic heterocycles. The second-order valence-electron chi connectivity index (χ2n) is 8.10. The minimum atomic E-state index is -0.361. The fraction of sp³-hybridized carbons (Fsp3) is 0.455. The largest absolute Gasteiger partial charge is 0.447 e. The van der Waals surface area contributed by atoms with Crippen molar-refractivity contribution in [2.75, 3.05) is 54.4 Å². The number of hydrogen-bond donors (Lipinski definition) is 1. The normalized spacial score (nSPS) is 16.6. The molecule has 2 aliphatic heterocycles. The molecule has 1 N–H and O–H groups in total. The van der Waals surface area contributed by atoms with Gasteiger partial charge in [-0.3, -0.25) is 4.90 Å². The van der Waals surface area contributed by atoms with Gasteiger partial charge in [-0.15, -0.1) is 0 Å². The number of benzene rings is 1. The smallest absolute Gasteiger partial charge is 0.414 e. The summed E-state index contributed by atoms with van der Waals surface area (Å²) >= 11 is 0. The molecular weight excluding hydrogens is 396 g/mol. The molecule has 3 heterocycles. The first kappa shape index (κ1) is 20.9. The number of carbonyl (C=O) groups is 2. The highest BCUT2D eigenvalue weighted by molar-refractivity contribution is 5.93. The maximum Gasteiger partial charge on any atom is 0.414 e. The van der Waals surface area contributed by atoms with Crippen LogP contribution in [0.2, 0.25) is 0 Å². The summed E-state index contributed by atoms with van der Waals surface area (Å²) < 4.78 is 4.99. The number of aryl methyl sites for hydroxylation is 1. The van der Waals surface area contributed by atoms with E-state index >= 15 is 0 Å². The molecule has 31 heavy (non-hydrogen) atoms. The molecule has 1 aromatic carbocycles. The molecule has 0 spiro atoms. The zero-order chi connectivity index (χ0) is 22.0. The highest BCUT2D eigenvalue weighted by Crippen LogP contribution is 2.23. The molecule has 3 amide bonds. The van der Waals surface area contributed by atoms with Gasteiger partial charge in [0.2, 0.25) is 0 Å². The molecule has 0 bridgehead atoms. The van der Waals surface area contributed by atoms with Crippen LogP contribution in [-0.4, -0.2) is 66.3 Å². The summed E-state index contributed by atoms with van der Waals surface area (Å²) in [6.45, 7) is 9.67. The van der Waals surface area contributed by atoms with E-state index in [-0.39, 0.29) is 18.0 Å². The number of ether oxygens (including phenoxy) is 1. The van der Waals surface area contributed by atoms with Crippen molar-refractivity contribution in [3.63, 3.8) is 0 Å². The summed E-state index contributed by atoms with van der Waals surface area (Å²) in [5, 5.41) is 2.94. The molecular formula is C22H28N6O3. The van der Waals surface area contributed by atoms with E-state index in [0.29, 0.717) is 50.7 Å². The van der Waals surface area contributed by atoms with Crippen LogP contribution in [0.4, 0.5) is 26.8 Å². The van der Waals surface area contributed by atoms with E-state index in [4.69, 9.17) is 9.72 Å². The van der Waals surface area contributed by atoms with Crippen molar-refractivity contribution in [2.45, 2.75) is 26.7 Å². The third kappa shape index (κ3) is 4.70. The number of nitrogens with one attached hydrogen (secondary N) is 1. The predicted octanol–water partition coefficient (Wildman–Crippen LogP) is 3.22. The number of piperazine rings is 1. The topological polar surface area (TPSA) is 90.9 Å². The first-order chi connectivity index (χ1) is 14.9. The van der Waals surface area contributed by atoms with Crippen LogP contribution in [0.25, 0.3) is 0 Å². The fourth-order valence-electron chi connectivity index (χ4n) is 3.72. The number of cyclic esters (lactones) is 1. The molecule has 2 saturated heterocycles. The van der Waals surface area contributed by atoms with Crippen molar-refractivity contribution in [3.8, 4) is 0 Å². The number of nitrogens with zero attached hydrogens (tertiary/aromatic N) is 5. The second kappa shape index (κ2) is 8.79. The van der Waals surface area contributed by atoms with E-state index in [1.165, 1.54) is 0 Å². The number of rotatable bonds is 4. The van der Waals surface area contributed by atoms with Gasteiger partial charge in [0.15, 0.2) is 0 Å². The first-order valence-electron chi connectivity index (χ1n) is 10.6. The monoisotopic (exact) mass is 424 g/mol. The number of hydrogen-bond acceptors (Lipinski definition) is 6. The summed E-state index contributed by atoms with van der Waals surface area (Å²) in [4.78, 5) is 39.3. The van der Waals surface area contributed by atoms with Gasteiger partial charge in [-0.25, -0.2) is 19.6 Å². The summed E-state index contributed by atoms with van der Waals surface area (Å²) in [6.07, 6.45) is -0.361. The molecule has 2 aliphatic rings. The van der Waals surface area contributed by atoms with Gasteiger partial charge in [-0.1, -0.05) is 19.9 Å². The van der Waals surface area contributed by atoms with Crippen molar-refractivity contribution in [3.05, 3.63) is 41.9 Å². The van der Waals surface area contributed by atoms with Gasteiger partial charge in [0.1, 0.15) is 18.2 Å². The standard InChI is InChI=1S/C22H28N6O3/c1-15(2)20-23-16(3)13-19(25-20)26-7-9-27(10-8-26)21(29)24-17-5-4-6-18(14-17)28-11-12-31-22(28)30/h4-6,13-15H,7-12H2,1-3H3,(H,24,29). The molecule has 0 atom stereocenters. The summed E-state index contributed by atoms with van der Waals surface area (Å²) in [5.74, 6) is 2.03. The third-order valence-corrected chi connectivity index (χ3v) is 5.44. The number of anilines is 3. The van der Waals surface area contributed by atoms with Crippen molar-refractivity contribution >= 4 is 29.3 Å². The molecule has 2 aromatic rings. The maximum atomic E-state index is 12.8. The minimum absolute atomic E-state index is 0.150. The first-order valence-corrected chi connectivity index (χ1v) is 10.6. The van der Waals surface area contributed by atoms with Gasteiger partial charge in [0, 0.05) is 55.2 Å². The average Bonchev–Trinajstić information content (AvgIpc) is 3.19. The second-order valence-corrected chi connectivity index (χ2v) is 8.10. The van der Waals surface area contributed by atoms with Crippen LogP contribution in [0.15, 0.2) is 30.3 Å². The fourth-order valence-corrected chi connectivity index (χ4v) is 3.72. The van der Waals surface area contributed by atoms with E-state index in [1.54, 1.807) is 15.9 Å². The van der Waals surface area contributed by atoms with Crippen LogP contribution in [0.3, 0.4) is 0 Å². The molecule has 164 valence electrons. The molecule has 9 heteroatoms. The van der Waals surface area contributed by atoms with Crippen LogP contribution in [-0.2, 0) is 4.74 Å². The number of carbonyl (C=O) groups excluding carboxylic acids is 2. The van der Waals surface area contributed by atoms with Crippen LogP contribution < -0.4 is 15.1 Å². The Hall–Kier alpha value is -3.36. The van der Waals surface area contributed by atoms with Crippen molar-refractivity contribution < 1.29 is 14.3 Å². The minimum Gasteiger partial charge on any atom is -0.447 e. The zero-order valence-electron chi connectivity index (χ0n) is 18.2. The number of urea groups is 1. The lowest BCUT2D eigenvalue weighted by atomic mass is 10.2. The lowest BCUT2D eigenvalue weighted by Gasteiger charge is -2.35. The van der Waals surface area contributed by atoms with Gasteiger partial charge >= 0.3 is 12.1 Å². The van der Waals surface area contributed by atoms with E-state index in [0.717, 1.165) is 17.3 Å². The van der Waals surface area contributed by atoms with Crippen LogP contribution in [0.1, 0.15) is 31.3 Å². The summed E-state index contributed by atoms with van der Waals surface area (Å²) in [6, 6.07) is 9.10. The van der Waals surface area contributed by atoms with Gasteiger partial charge in [-0.2, -0.15) is 0 Å². The SMILES string of the molecule is Cc1cc(N2CCN(C(=O)Nc3cccc(N4CCOC4=O)c3)CC2)nc(C(C)C)n1. The molecule has 9 nitrogen and oxygen atoms in total. The molecule has 0 saturated carbocycles. The number of aromatic nitrogens is 2. The lowest BCUT2D eigenvalue weighted by molar-refractivity contribution is 0.181. The Labute approximate surface area is 182 Å².